The number of rotatable bonds is 4. The SMILES string of the molecule is CC(C)(CNc1ccncc1)N1CCNCC1. The summed E-state index contributed by atoms with van der Waals surface area (Å²) in [5, 5.41) is 6.87. The highest BCUT2D eigenvalue weighted by Gasteiger charge is 2.27. The van der Waals surface area contributed by atoms with E-state index in [2.05, 4.69) is 34.4 Å². The van der Waals surface area contributed by atoms with Crippen LogP contribution in [0.5, 0.6) is 0 Å². The van der Waals surface area contributed by atoms with Crippen molar-refractivity contribution in [1.82, 2.24) is 15.2 Å². The zero-order valence-electron chi connectivity index (χ0n) is 10.7. The summed E-state index contributed by atoms with van der Waals surface area (Å²) in [5.74, 6) is 0. The summed E-state index contributed by atoms with van der Waals surface area (Å²) in [6, 6.07) is 4.02. The summed E-state index contributed by atoms with van der Waals surface area (Å²) in [7, 11) is 0. The van der Waals surface area contributed by atoms with Crippen molar-refractivity contribution in [2.75, 3.05) is 38.0 Å². The predicted octanol–water partition coefficient (Wildman–Crippen LogP) is 1.18. The van der Waals surface area contributed by atoms with Crippen LogP contribution < -0.4 is 10.6 Å². The van der Waals surface area contributed by atoms with Crippen molar-refractivity contribution in [3.8, 4) is 0 Å². The summed E-state index contributed by atoms with van der Waals surface area (Å²) in [4.78, 5) is 6.56. The Morgan fingerprint density at radius 1 is 1.29 bits per heavy atom. The Kier molecular flexibility index (Phi) is 3.97. The minimum absolute atomic E-state index is 0.186. The fourth-order valence-electron chi connectivity index (χ4n) is 2.17. The largest absolute Gasteiger partial charge is 0.383 e. The lowest BCUT2D eigenvalue weighted by Gasteiger charge is -2.41. The molecule has 1 saturated heterocycles. The molecule has 2 heterocycles. The van der Waals surface area contributed by atoms with E-state index in [1.54, 1.807) is 0 Å². The third-order valence-electron chi connectivity index (χ3n) is 3.38. The standard InChI is InChI=1S/C13H22N4/c1-13(2,17-9-7-15-8-10-17)11-16-12-3-5-14-6-4-12/h3-6,15H,7-11H2,1-2H3,(H,14,16). The molecule has 1 aliphatic heterocycles. The van der Waals surface area contributed by atoms with E-state index in [-0.39, 0.29) is 5.54 Å². The van der Waals surface area contributed by atoms with Gasteiger partial charge in [-0.15, -0.1) is 0 Å². The second-order valence-electron chi connectivity index (χ2n) is 5.14. The van der Waals surface area contributed by atoms with Crippen LogP contribution in [0.15, 0.2) is 24.5 Å². The highest BCUT2D eigenvalue weighted by molar-refractivity contribution is 5.41. The molecule has 0 spiro atoms. The van der Waals surface area contributed by atoms with E-state index in [1.807, 2.05) is 24.5 Å². The topological polar surface area (TPSA) is 40.2 Å². The maximum absolute atomic E-state index is 4.02. The molecule has 4 heteroatoms. The highest BCUT2D eigenvalue weighted by Crippen LogP contribution is 2.16. The van der Waals surface area contributed by atoms with Gasteiger partial charge >= 0.3 is 0 Å². The molecule has 94 valence electrons. The van der Waals surface area contributed by atoms with E-state index >= 15 is 0 Å². The lowest BCUT2D eigenvalue weighted by molar-refractivity contribution is 0.114. The Balaban J connectivity index is 1.88. The molecule has 0 saturated carbocycles. The number of nitrogens with one attached hydrogen (secondary N) is 2. The van der Waals surface area contributed by atoms with Gasteiger partial charge in [-0.1, -0.05) is 0 Å². The second-order valence-corrected chi connectivity index (χ2v) is 5.14. The fourth-order valence-corrected chi connectivity index (χ4v) is 2.17. The lowest BCUT2D eigenvalue weighted by atomic mass is 10.0. The van der Waals surface area contributed by atoms with Crippen molar-refractivity contribution >= 4 is 5.69 Å². The minimum atomic E-state index is 0.186. The third kappa shape index (κ3) is 3.41. The summed E-state index contributed by atoms with van der Waals surface area (Å²) < 4.78 is 0. The number of pyridine rings is 1. The van der Waals surface area contributed by atoms with E-state index in [4.69, 9.17) is 0 Å². The van der Waals surface area contributed by atoms with Gasteiger partial charge in [0, 0.05) is 56.3 Å². The van der Waals surface area contributed by atoms with E-state index in [9.17, 15) is 0 Å². The maximum atomic E-state index is 4.02. The average Bonchev–Trinajstić information content (AvgIpc) is 2.39. The van der Waals surface area contributed by atoms with Crippen molar-refractivity contribution in [3.63, 3.8) is 0 Å². The minimum Gasteiger partial charge on any atom is -0.383 e. The van der Waals surface area contributed by atoms with Crippen LogP contribution in [-0.2, 0) is 0 Å². The molecule has 2 N–H and O–H groups in total. The molecule has 0 aliphatic carbocycles. The van der Waals surface area contributed by atoms with Crippen LogP contribution in [0.1, 0.15) is 13.8 Å². The summed E-state index contributed by atoms with van der Waals surface area (Å²) in [6.07, 6.45) is 3.64. The molecule has 1 aliphatic rings. The zero-order chi connectivity index (χ0) is 12.1. The van der Waals surface area contributed by atoms with E-state index in [0.717, 1.165) is 38.4 Å². The van der Waals surface area contributed by atoms with Crippen LogP contribution in [0.2, 0.25) is 0 Å². The molecule has 0 amide bonds. The van der Waals surface area contributed by atoms with E-state index in [1.165, 1.54) is 0 Å². The molecular weight excluding hydrogens is 212 g/mol. The van der Waals surface area contributed by atoms with Crippen LogP contribution in [0.25, 0.3) is 0 Å². The molecule has 0 atom stereocenters. The van der Waals surface area contributed by atoms with Gasteiger partial charge in [-0.3, -0.25) is 9.88 Å². The molecular formula is C13H22N4. The normalized spacial score (nSPS) is 18.0. The quantitative estimate of drug-likeness (QED) is 0.820. The van der Waals surface area contributed by atoms with Crippen molar-refractivity contribution in [1.29, 1.82) is 0 Å². The van der Waals surface area contributed by atoms with E-state index < -0.39 is 0 Å². The Morgan fingerprint density at radius 3 is 2.59 bits per heavy atom. The highest BCUT2D eigenvalue weighted by atomic mass is 15.2. The van der Waals surface area contributed by atoms with Gasteiger partial charge in [-0.25, -0.2) is 0 Å². The Bertz CT molecular complexity index is 331. The van der Waals surface area contributed by atoms with E-state index in [0.29, 0.717) is 0 Å². The molecule has 0 bridgehead atoms. The van der Waals surface area contributed by atoms with Gasteiger partial charge < -0.3 is 10.6 Å². The number of hydrogen-bond acceptors (Lipinski definition) is 4. The van der Waals surface area contributed by atoms with Crippen LogP contribution in [0, 0.1) is 0 Å². The molecule has 17 heavy (non-hydrogen) atoms. The van der Waals surface area contributed by atoms with Crippen molar-refractivity contribution in [2.45, 2.75) is 19.4 Å². The van der Waals surface area contributed by atoms with Crippen LogP contribution in [0.4, 0.5) is 5.69 Å². The van der Waals surface area contributed by atoms with Gasteiger partial charge in [0.15, 0.2) is 0 Å². The fraction of sp³-hybridized carbons (Fsp3) is 0.615. The number of nitrogens with zero attached hydrogens (tertiary/aromatic N) is 2. The molecule has 0 aromatic carbocycles. The number of aromatic nitrogens is 1. The first-order valence-electron chi connectivity index (χ1n) is 6.28. The van der Waals surface area contributed by atoms with Gasteiger partial charge in [0.2, 0.25) is 0 Å². The predicted molar refractivity (Wildman–Crippen MR) is 71.2 cm³/mol. The molecule has 1 fully saturated rings. The van der Waals surface area contributed by atoms with Crippen molar-refractivity contribution < 1.29 is 0 Å². The van der Waals surface area contributed by atoms with Crippen LogP contribution >= 0.6 is 0 Å². The van der Waals surface area contributed by atoms with Gasteiger partial charge in [0.25, 0.3) is 0 Å². The second kappa shape index (κ2) is 5.47. The third-order valence-corrected chi connectivity index (χ3v) is 3.38. The Morgan fingerprint density at radius 2 is 1.94 bits per heavy atom. The van der Waals surface area contributed by atoms with Crippen molar-refractivity contribution in [3.05, 3.63) is 24.5 Å². The van der Waals surface area contributed by atoms with Gasteiger partial charge in [0.05, 0.1) is 0 Å². The summed E-state index contributed by atoms with van der Waals surface area (Å²) in [6.45, 7) is 10.0. The van der Waals surface area contributed by atoms with Crippen LogP contribution in [0.3, 0.4) is 0 Å². The summed E-state index contributed by atoms with van der Waals surface area (Å²) in [5.41, 5.74) is 1.33. The average molecular weight is 234 g/mol. The van der Waals surface area contributed by atoms with Crippen molar-refractivity contribution in [2.24, 2.45) is 0 Å². The van der Waals surface area contributed by atoms with Gasteiger partial charge in [-0.05, 0) is 26.0 Å². The molecule has 1 aromatic heterocycles. The Hall–Kier alpha value is -1.13. The maximum Gasteiger partial charge on any atom is 0.0371 e. The molecule has 0 unspecified atom stereocenters. The first-order valence-corrected chi connectivity index (χ1v) is 6.28. The lowest BCUT2D eigenvalue weighted by Crippen LogP contribution is -2.56. The monoisotopic (exact) mass is 234 g/mol. The number of hydrogen-bond donors (Lipinski definition) is 2. The number of piperazine rings is 1. The van der Waals surface area contributed by atoms with Gasteiger partial charge in [0.1, 0.15) is 0 Å². The first-order chi connectivity index (χ1) is 8.18. The molecule has 0 radical (unpaired) electrons. The molecule has 1 aromatic rings. The Labute approximate surface area is 103 Å². The number of anilines is 1. The molecule has 4 nitrogen and oxygen atoms in total. The van der Waals surface area contributed by atoms with Crippen LogP contribution in [-0.4, -0.2) is 48.1 Å². The van der Waals surface area contributed by atoms with Gasteiger partial charge in [-0.2, -0.15) is 0 Å². The molecule has 2 rings (SSSR count). The zero-order valence-corrected chi connectivity index (χ0v) is 10.7. The summed E-state index contributed by atoms with van der Waals surface area (Å²) >= 11 is 0. The smallest absolute Gasteiger partial charge is 0.0371 e. The first kappa shape index (κ1) is 12.3.